The third kappa shape index (κ3) is 11.8. The third-order valence-electron chi connectivity index (χ3n) is 14.0. The maximum atomic E-state index is 14.1. The number of β-amino-alcohol motifs (C(OH)–C–C–N with tert-alkyl or cyclic N) is 1. The second-order valence-corrected chi connectivity index (χ2v) is 22.2. The normalized spacial score (nSPS) is 21.7. The molecule has 0 radical (unpaired) electrons. The summed E-state index contributed by atoms with van der Waals surface area (Å²) in [6.45, 7) is 18.5. The van der Waals surface area contributed by atoms with Crippen molar-refractivity contribution in [2.45, 2.75) is 117 Å². The molecule has 2 aromatic carbocycles. The van der Waals surface area contributed by atoms with Gasteiger partial charge in [-0.25, -0.2) is 4.98 Å². The summed E-state index contributed by atoms with van der Waals surface area (Å²) >= 11 is 7.77. The number of piperidine rings is 1. The average Bonchev–Trinajstić information content (AvgIpc) is 3.94. The van der Waals surface area contributed by atoms with Crippen molar-refractivity contribution in [2.75, 3.05) is 39.4 Å². The fourth-order valence-corrected chi connectivity index (χ4v) is 11.4. The van der Waals surface area contributed by atoms with Crippen LogP contribution in [-0.4, -0.2) is 118 Å². The zero-order valence-electron chi connectivity index (χ0n) is 40.8. The molecule has 2 saturated heterocycles. The summed E-state index contributed by atoms with van der Waals surface area (Å²) in [5, 5.41) is 29.2. The van der Waals surface area contributed by atoms with Crippen molar-refractivity contribution in [3.63, 3.8) is 0 Å². The molecule has 3 atom stereocenters. The van der Waals surface area contributed by atoms with E-state index in [0.29, 0.717) is 41.0 Å². The number of aliphatic hydroxyl groups is 1. The molecule has 1 saturated carbocycles. The van der Waals surface area contributed by atoms with E-state index in [2.05, 4.69) is 76.7 Å². The lowest BCUT2D eigenvalue weighted by molar-refractivity contribution is -0.164. The van der Waals surface area contributed by atoms with Crippen LogP contribution in [0.4, 0.5) is 0 Å². The summed E-state index contributed by atoms with van der Waals surface area (Å²) in [5.41, 5.74) is 5.01. The minimum Gasteiger partial charge on any atom is -0.489 e. The van der Waals surface area contributed by atoms with Crippen molar-refractivity contribution < 1.29 is 33.8 Å². The predicted molar refractivity (Wildman–Crippen MR) is 265 cm³/mol. The van der Waals surface area contributed by atoms with Crippen LogP contribution in [-0.2, 0) is 25.7 Å². The Labute approximate surface area is 414 Å². The van der Waals surface area contributed by atoms with Gasteiger partial charge in [0, 0.05) is 60.8 Å². The standard InChI is InChI=1S/C52H65ClN8O7S/c1-31-43(69-30-57-31)40-16-9-32(26-55-40)27-56-46(65)41-23-37(62)28-61(41)47(66)44(50(2,3)4)58-42(63)29-67-22-21-60-19-17-34(18-20-60)33-10-12-35(13-11-33)45(64)59-48-51(5,6)49(52(48,7)8)68-38-15-14-36(25-54)39(53)24-38/h9-16,24,26,30,34,37,41,44,48-49,62H,17-23,27-29H2,1-8H3,(H,56,65)(H,58,63)(H,59,64)/t37-,41+,44-,48?,49?/m1/s1. The van der Waals surface area contributed by atoms with Gasteiger partial charge in [0.1, 0.15) is 36.6 Å². The van der Waals surface area contributed by atoms with E-state index in [9.17, 15) is 29.5 Å². The second-order valence-electron chi connectivity index (χ2n) is 20.9. The Morgan fingerprint density at radius 3 is 2.33 bits per heavy atom. The fraction of sp³-hybridized carbons (Fsp3) is 0.519. The Balaban J connectivity index is 0.823. The van der Waals surface area contributed by atoms with Gasteiger partial charge in [0.2, 0.25) is 17.7 Å². The van der Waals surface area contributed by atoms with Crippen LogP contribution in [0.25, 0.3) is 10.6 Å². The molecular formula is C52H65ClN8O7S. The minimum absolute atomic E-state index is 0.0184. The SMILES string of the molecule is Cc1ncsc1-c1ccc(CNC(=O)[C@@H]2C[C@@H](O)CN2C(=O)[C@@H](NC(=O)COCCN2CCC(c3ccc(C(=O)NC4C(C)(C)C(Oc5ccc(C#N)c(Cl)c5)C4(C)C)cc3)CC2)C(C)(C)C)cn1. The monoisotopic (exact) mass is 980 g/mol. The quantitative estimate of drug-likeness (QED) is 0.0877. The smallest absolute Gasteiger partial charge is 0.251 e. The van der Waals surface area contributed by atoms with Crippen LogP contribution in [0, 0.1) is 34.5 Å². The molecule has 0 bridgehead atoms. The molecular weight excluding hydrogens is 916 g/mol. The molecule has 4 amide bonds. The van der Waals surface area contributed by atoms with Gasteiger partial charge in [-0.15, -0.1) is 11.3 Å². The zero-order chi connectivity index (χ0) is 49.8. The van der Waals surface area contributed by atoms with Crippen LogP contribution >= 0.6 is 22.9 Å². The summed E-state index contributed by atoms with van der Waals surface area (Å²) < 4.78 is 12.2. The van der Waals surface area contributed by atoms with Crippen LogP contribution in [0.3, 0.4) is 0 Å². The minimum atomic E-state index is -0.957. The Bertz CT molecular complexity index is 2510. The zero-order valence-corrected chi connectivity index (χ0v) is 42.4. The summed E-state index contributed by atoms with van der Waals surface area (Å²) in [6, 6.07) is 16.8. The summed E-state index contributed by atoms with van der Waals surface area (Å²) in [7, 11) is 0. The number of amides is 4. The van der Waals surface area contributed by atoms with Gasteiger partial charge in [0.05, 0.1) is 45.1 Å². The molecule has 3 fully saturated rings. The number of pyridine rings is 1. The number of ether oxygens (including phenoxy) is 2. The van der Waals surface area contributed by atoms with Crippen LogP contribution in [0.1, 0.15) is 106 Å². The Morgan fingerprint density at radius 1 is 1.01 bits per heavy atom. The van der Waals surface area contributed by atoms with Crippen LogP contribution < -0.4 is 20.7 Å². The highest BCUT2D eigenvalue weighted by Crippen LogP contribution is 2.55. The number of carbonyl (C=O) groups excluding carboxylic acids is 4. The maximum absolute atomic E-state index is 14.1. The topological polar surface area (TPSA) is 199 Å². The molecule has 7 rings (SSSR count). The van der Waals surface area contributed by atoms with E-state index in [0.717, 1.165) is 47.8 Å². The first kappa shape index (κ1) is 51.4. The van der Waals surface area contributed by atoms with Crippen molar-refractivity contribution >= 4 is 46.6 Å². The predicted octanol–water partition coefficient (Wildman–Crippen LogP) is 6.66. The number of nitrogens with zero attached hydrogens (tertiary/aromatic N) is 5. The van der Waals surface area contributed by atoms with E-state index < -0.39 is 35.4 Å². The van der Waals surface area contributed by atoms with Gasteiger partial charge in [0.25, 0.3) is 5.91 Å². The maximum Gasteiger partial charge on any atom is 0.251 e. The first-order valence-corrected chi connectivity index (χ1v) is 24.9. The number of thiazole rings is 1. The molecule has 15 nitrogen and oxygen atoms in total. The van der Waals surface area contributed by atoms with E-state index in [4.69, 9.17) is 21.1 Å². The van der Waals surface area contributed by atoms with Crippen molar-refractivity contribution in [3.8, 4) is 22.4 Å². The van der Waals surface area contributed by atoms with Crippen LogP contribution in [0.2, 0.25) is 5.02 Å². The molecule has 2 aliphatic heterocycles. The number of rotatable bonds is 16. The van der Waals surface area contributed by atoms with Crippen LogP contribution in [0.5, 0.6) is 5.75 Å². The highest BCUT2D eigenvalue weighted by molar-refractivity contribution is 7.13. The average molecular weight is 982 g/mol. The highest BCUT2D eigenvalue weighted by Gasteiger charge is 2.64. The lowest BCUT2D eigenvalue weighted by Crippen LogP contribution is -2.74. The van der Waals surface area contributed by atoms with Gasteiger partial charge < -0.3 is 40.3 Å². The Morgan fingerprint density at radius 2 is 1.72 bits per heavy atom. The Kier molecular flexibility index (Phi) is 15.9. The molecule has 0 unspecified atom stereocenters. The molecule has 69 heavy (non-hydrogen) atoms. The van der Waals surface area contributed by atoms with Gasteiger partial charge in [-0.1, -0.05) is 78.3 Å². The van der Waals surface area contributed by atoms with E-state index in [-0.39, 0.29) is 60.9 Å². The first-order chi connectivity index (χ1) is 32.7. The van der Waals surface area contributed by atoms with Crippen molar-refractivity contribution in [1.29, 1.82) is 5.26 Å². The van der Waals surface area contributed by atoms with Gasteiger partial charge in [-0.3, -0.25) is 24.2 Å². The van der Waals surface area contributed by atoms with Gasteiger partial charge in [0.15, 0.2) is 0 Å². The fourth-order valence-electron chi connectivity index (χ4n) is 10.4. The molecule has 0 spiro atoms. The number of nitriles is 1. The number of benzene rings is 2. The molecule has 368 valence electrons. The highest BCUT2D eigenvalue weighted by atomic mass is 35.5. The number of likely N-dealkylation sites (tertiary alicyclic amines) is 2. The van der Waals surface area contributed by atoms with Crippen molar-refractivity contribution in [2.24, 2.45) is 16.2 Å². The summed E-state index contributed by atoms with van der Waals surface area (Å²) in [5.74, 6) is -0.455. The van der Waals surface area contributed by atoms with Crippen LogP contribution in [0.15, 0.2) is 66.3 Å². The van der Waals surface area contributed by atoms with E-state index >= 15 is 0 Å². The molecule has 1 aliphatic carbocycles. The van der Waals surface area contributed by atoms with Gasteiger partial charge in [-0.2, -0.15) is 5.26 Å². The number of aromatic nitrogens is 2. The van der Waals surface area contributed by atoms with Gasteiger partial charge in [-0.05, 0) is 85.6 Å². The number of carbonyl (C=O) groups is 4. The van der Waals surface area contributed by atoms with Gasteiger partial charge >= 0.3 is 0 Å². The molecule has 3 aliphatic rings. The molecule has 4 aromatic rings. The van der Waals surface area contributed by atoms with Crippen molar-refractivity contribution in [3.05, 3.63) is 99.3 Å². The third-order valence-corrected chi connectivity index (χ3v) is 15.3. The Hall–Kier alpha value is -5.44. The van der Waals surface area contributed by atoms with E-state index in [1.54, 1.807) is 29.9 Å². The number of hydrogen-bond acceptors (Lipinski definition) is 12. The number of aliphatic hydroxyl groups excluding tert-OH is 1. The summed E-state index contributed by atoms with van der Waals surface area (Å²) in [4.78, 5) is 67.8. The molecule has 2 aromatic heterocycles. The molecule has 4 heterocycles. The number of halogens is 1. The van der Waals surface area contributed by atoms with E-state index in [1.807, 2.05) is 52.0 Å². The second kappa shape index (κ2) is 21.3. The first-order valence-electron chi connectivity index (χ1n) is 23.7. The number of hydrogen-bond donors (Lipinski definition) is 4. The number of nitrogens with one attached hydrogen (secondary N) is 3. The lowest BCUT2D eigenvalue weighted by Gasteiger charge is -2.63. The number of aryl methyl sites for hydroxylation is 1. The lowest BCUT2D eigenvalue weighted by atomic mass is 9.49. The largest absolute Gasteiger partial charge is 0.489 e. The van der Waals surface area contributed by atoms with E-state index in [1.165, 1.54) is 21.8 Å². The molecule has 4 N–H and O–H groups in total. The van der Waals surface area contributed by atoms with Crippen molar-refractivity contribution in [1.82, 2.24) is 35.7 Å². The summed E-state index contributed by atoms with van der Waals surface area (Å²) in [6.07, 6.45) is 2.60. The molecule has 17 heteroatoms.